The molecule has 0 aliphatic rings. The van der Waals surface area contributed by atoms with Crippen molar-refractivity contribution in [1.82, 2.24) is 5.32 Å². The van der Waals surface area contributed by atoms with Crippen LogP contribution in [0.3, 0.4) is 0 Å². The SMILES string of the molecule is CC(CCCNC(=O)Nc1ccsc1)C(=O)O. The normalized spacial score (nSPS) is 11.8. The lowest BCUT2D eigenvalue weighted by molar-refractivity contribution is -0.141. The number of anilines is 1. The lowest BCUT2D eigenvalue weighted by Crippen LogP contribution is -2.29. The number of carboxylic acid groups (broad SMARTS) is 1. The van der Waals surface area contributed by atoms with Crippen LogP contribution in [0, 0.1) is 5.92 Å². The Hall–Kier alpha value is -1.56. The van der Waals surface area contributed by atoms with E-state index in [4.69, 9.17) is 5.11 Å². The zero-order valence-electron chi connectivity index (χ0n) is 9.60. The van der Waals surface area contributed by atoms with Crippen LogP contribution in [0.25, 0.3) is 0 Å². The highest BCUT2D eigenvalue weighted by Crippen LogP contribution is 2.11. The van der Waals surface area contributed by atoms with Gasteiger partial charge in [-0.2, -0.15) is 11.3 Å². The van der Waals surface area contributed by atoms with Crippen molar-refractivity contribution in [3.05, 3.63) is 16.8 Å². The number of amides is 2. The molecule has 0 aromatic carbocycles. The molecule has 1 atom stereocenters. The van der Waals surface area contributed by atoms with Crippen LogP contribution in [0.4, 0.5) is 10.5 Å². The zero-order chi connectivity index (χ0) is 12.7. The summed E-state index contributed by atoms with van der Waals surface area (Å²) in [6, 6.07) is 1.56. The van der Waals surface area contributed by atoms with Crippen molar-refractivity contribution in [3.63, 3.8) is 0 Å². The Bertz CT molecular complexity index is 365. The molecule has 3 N–H and O–H groups in total. The molecule has 0 radical (unpaired) electrons. The number of carbonyl (C=O) groups excluding carboxylic acids is 1. The summed E-state index contributed by atoms with van der Waals surface area (Å²) in [5.74, 6) is -1.16. The van der Waals surface area contributed by atoms with Crippen LogP contribution in [0.2, 0.25) is 0 Å². The smallest absolute Gasteiger partial charge is 0.319 e. The topological polar surface area (TPSA) is 78.4 Å². The minimum atomic E-state index is -0.798. The van der Waals surface area contributed by atoms with Crippen LogP contribution >= 0.6 is 11.3 Å². The maximum atomic E-state index is 11.4. The number of nitrogens with one attached hydrogen (secondary N) is 2. The van der Waals surface area contributed by atoms with E-state index in [1.165, 1.54) is 11.3 Å². The molecule has 1 aromatic heterocycles. The molecule has 1 aromatic rings. The Labute approximate surface area is 104 Å². The lowest BCUT2D eigenvalue weighted by Gasteiger charge is -2.07. The van der Waals surface area contributed by atoms with E-state index in [2.05, 4.69) is 10.6 Å². The van der Waals surface area contributed by atoms with Gasteiger partial charge >= 0.3 is 12.0 Å². The summed E-state index contributed by atoms with van der Waals surface area (Å²) in [5, 5.41) is 17.7. The molecule has 1 heterocycles. The van der Waals surface area contributed by atoms with E-state index in [9.17, 15) is 9.59 Å². The Morgan fingerprint density at radius 3 is 2.88 bits per heavy atom. The summed E-state index contributed by atoms with van der Waals surface area (Å²) in [6.07, 6.45) is 1.22. The van der Waals surface area contributed by atoms with Gasteiger partial charge < -0.3 is 15.7 Å². The molecule has 1 unspecified atom stereocenters. The second kappa shape index (κ2) is 6.90. The molecule has 17 heavy (non-hydrogen) atoms. The number of urea groups is 1. The van der Waals surface area contributed by atoms with E-state index in [1.54, 1.807) is 6.92 Å². The van der Waals surface area contributed by atoms with Crippen molar-refractivity contribution in [3.8, 4) is 0 Å². The first-order valence-corrected chi connectivity index (χ1v) is 6.33. The predicted octanol–water partition coefficient (Wildman–Crippen LogP) is 2.37. The molecule has 0 aliphatic carbocycles. The first-order valence-electron chi connectivity index (χ1n) is 5.39. The highest BCUT2D eigenvalue weighted by Gasteiger charge is 2.10. The summed E-state index contributed by atoms with van der Waals surface area (Å²) < 4.78 is 0. The molecule has 0 fully saturated rings. The Balaban J connectivity index is 2.10. The van der Waals surface area contributed by atoms with Crippen LogP contribution in [-0.4, -0.2) is 23.7 Å². The van der Waals surface area contributed by atoms with Crippen molar-refractivity contribution in [1.29, 1.82) is 0 Å². The first kappa shape index (κ1) is 13.5. The molecule has 0 bridgehead atoms. The number of hydrogen-bond acceptors (Lipinski definition) is 3. The van der Waals surface area contributed by atoms with Crippen LogP contribution in [0.1, 0.15) is 19.8 Å². The average molecular weight is 256 g/mol. The maximum Gasteiger partial charge on any atom is 0.319 e. The quantitative estimate of drug-likeness (QED) is 0.684. The van der Waals surface area contributed by atoms with E-state index in [0.717, 1.165) is 5.69 Å². The Morgan fingerprint density at radius 1 is 1.53 bits per heavy atom. The van der Waals surface area contributed by atoms with Crippen molar-refractivity contribution >= 4 is 29.0 Å². The Morgan fingerprint density at radius 2 is 2.29 bits per heavy atom. The fourth-order valence-electron chi connectivity index (χ4n) is 1.24. The standard InChI is InChI=1S/C11H16N2O3S/c1-8(10(14)15)3-2-5-12-11(16)13-9-4-6-17-7-9/h4,6-8H,2-3,5H2,1H3,(H,14,15)(H2,12,13,16). The van der Waals surface area contributed by atoms with E-state index in [1.807, 2.05) is 16.8 Å². The highest BCUT2D eigenvalue weighted by molar-refractivity contribution is 7.08. The van der Waals surface area contributed by atoms with Crippen molar-refractivity contribution in [2.75, 3.05) is 11.9 Å². The number of aliphatic carboxylic acids is 1. The minimum Gasteiger partial charge on any atom is -0.481 e. The average Bonchev–Trinajstić information content (AvgIpc) is 2.76. The van der Waals surface area contributed by atoms with Gasteiger partial charge in [-0.25, -0.2) is 4.79 Å². The van der Waals surface area contributed by atoms with E-state index in [-0.39, 0.29) is 11.9 Å². The summed E-state index contributed by atoms with van der Waals surface area (Å²) in [4.78, 5) is 21.9. The third-order valence-corrected chi connectivity index (χ3v) is 2.98. The van der Waals surface area contributed by atoms with Gasteiger partial charge in [0.1, 0.15) is 0 Å². The molecular formula is C11H16N2O3S. The molecule has 94 valence electrons. The van der Waals surface area contributed by atoms with Crippen LogP contribution < -0.4 is 10.6 Å². The third kappa shape index (κ3) is 5.35. The first-order chi connectivity index (χ1) is 8.09. The highest BCUT2D eigenvalue weighted by atomic mass is 32.1. The molecule has 0 aliphatic heterocycles. The molecule has 6 heteroatoms. The van der Waals surface area contributed by atoms with Crippen LogP contribution in [0.15, 0.2) is 16.8 Å². The number of carboxylic acids is 1. The molecule has 0 saturated carbocycles. The zero-order valence-corrected chi connectivity index (χ0v) is 10.4. The van der Waals surface area contributed by atoms with Gasteiger partial charge in [0.25, 0.3) is 0 Å². The van der Waals surface area contributed by atoms with Gasteiger partial charge in [0.05, 0.1) is 11.6 Å². The Kier molecular flexibility index (Phi) is 5.48. The van der Waals surface area contributed by atoms with Crippen LogP contribution in [0.5, 0.6) is 0 Å². The summed E-state index contributed by atoms with van der Waals surface area (Å²) in [5.41, 5.74) is 0.770. The van der Waals surface area contributed by atoms with Gasteiger partial charge in [0.2, 0.25) is 0 Å². The van der Waals surface area contributed by atoms with E-state index < -0.39 is 5.97 Å². The third-order valence-electron chi connectivity index (χ3n) is 2.30. The molecule has 1 rings (SSSR count). The van der Waals surface area contributed by atoms with Gasteiger partial charge in [-0.1, -0.05) is 6.92 Å². The largest absolute Gasteiger partial charge is 0.481 e. The van der Waals surface area contributed by atoms with Crippen LogP contribution in [-0.2, 0) is 4.79 Å². The fraction of sp³-hybridized carbons (Fsp3) is 0.455. The summed E-state index contributed by atoms with van der Waals surface area (Å²) >= 11 is 1.51. The van der Waals surface area contributed by atoms with Crippen molar-refractivity contribution < 1.29 is 14.7 Å². The van der Waals surface area contributed by atoms with Crippen molar-refractivity contribution in [2.24, 2.45) is 5.92 Å². The second-order valence-electron chi connectivity index (χ2n) is 3.77. The van der Waals surface area contributed by atoms with Gasteiger partial charge in [-0.15, -0.1) is 0 Å². The van der Waals surface area contributed by atoms with E-state index >= 15 is 0 Å². The second-order valence-corrected chi connectivity index (χ2v) is 4.55. The van der Waals surface area contributed by atoms with Gasteiger partial charge in [-0.3, -0.25) is 4.79 Å². The summed E-state index contributed by atoms with van der Waals surface area (Å²) in [7, 11) is 0. The fourth-order valence-corrected chi connectivity index (χ4v) is 1.83. The summed E-state index contributed by atoms with van der Waals surface area (Å²) in [6.45, 7) is 2.14. The number of hydrogen-bond donors (Lipinski definition) is 3. The van der Waals surface area contributed by atoms with Gasteiger partial charge in [0, 0.05) is 11.9 Å². The number of carbonyl (C=O) groups is 2. The van der Waals surface area contributed by atoms with Crippen molar-refractivity contribution in [2.45, 2.75) is 19.8 Å². The maximum absolute atomic E-state index is 11.4. The minimum absolute atomic E-state index is 0.258. The lowest BCUT2D eigenvalue weighted by atomic mass is 10.1. The number of thiophene rings is 1. The van der Waals surface area contributed by atoms with Gasteiger partial charge in [0.15, 0.2) is 0 Å². The molecule has 5 nitrogen and oxygen atoms in total. The predicted molar refractivity (Wildman–Crippen MR) is 67.4 cm³/mol. The molecule has 0 spiro atoms. The molecule has 2 amide bonds. The van der Waals surface area contributed by atoms with E-state index in [0.29, 0.717) is 19.4 Å². The monoisotopic (exact) mass is 256 g/mol. The molecular weight excluding hydrogens is 240 g/mol. The molecule has 0 saturated heterocycles. The van der Waals surface area contributed by atoms with Gasteiger partial charge in [-0.05, 0) is 24.3 Å². The number of rotatable bonds is 6.